The number of carbonyl (C=O) groups is 2. The van der Waals surface area contributed by atoms with Crippen LogP contribution in [0.4, 0.5) is 0 Å². The number of hydrogen-bond donors (Lipinski definition) is 0. The molecule has 0 aliphatic carbocycles. The highest BCUT2D eigenvalue weighted by atomic mass is 16.5. The molecule has 3 aromatic carbocycles. The average Bonchev–Trinajstić information content (AvgIpc) is 3.44. The predicted octanol–water partition coefficient (Wildman–Crippen LogP) is 6.26. The summed E-state index contributed by atoms with van der Waals surface area (Å²) in [5, 5.41) is 0. The molecular weight excluding hydrogens is 488 g/mol. The Morgan fingerprint density at radius 3 is 2.41 bits per heavy atom. The minimum absolute atomic E-state index is 0.0835. The zero-order chi connectivity index (χ0) is 27.4. The molecule has 1 aromatic heterocycles. The molecule has 0 unspecified atom stereocenters. The summed E-state index contributed by atoms with van der Waals surface area (Å²) >= 11 is 0. The van der Waals surface area contributed by atoms with Crippen molar-refractivity contribution in [3.05, 3.63) is 125 Å². The first-order valence-corrected chi connectivity index (χ1v) is 13.4. The zero-order valence-corrected chi connectivity index (χ0v) is 22.7. The first kappa shape index (κ1) is 26.3. The van der Waals surface area contributed by atoms with Crippen LogP contribution in [0.1, 0.15) is 58.5 Å². The fraction of sp³-hybridized carbons (Fsp3) is 0.273. The lowest BCUT2D eigenvalue weighted by Gasteiger charge is -2.39. The molecule has 6 heteroatoms. The maximum absolute atomic E-state index is 13.1. The van der Waals surface area contributed by atoms with Gasteiger partial charge in [-0.2, -0.15) is 0 Å². The lowest BCUT2D eigenvalue weighted by atomic mass is 9.87. The van der Waals surface area contributed by atoms with Gasteiger partial charge in [-0.3, -0.25) is 9.59 Å². The van der Waals surface area contributed by atoms with Gasteiger partial charge in [0, 0.05) is 26.1 Å². The predicted molar refractivity (Wildman–Crippen MR) is 150 cm³/mol. The normalized spacial score (nSPS) is 14.7. The fourth-order valence-corrected chi connectivity index (χ4v) is 5.09. The van der Waals surface area contributed by atoms with Gasteiger partial charge in [0.15, 0.2) is 5.76 Å². The van der Waals surface area contributed by atoms with E-state index in [4.69, 9.17) is 9.15 Å². The number of amides is 2. The van der Waals surface area contributed by atoms with E-state index in [1.54, 1.807) is 24.1 Å². The van der Waals surface area contributed by atoms with Gasteiger partial charge in [-0.15, -0.1) is 0 Å². The molecule has 0 saturated heterocycles. The van der Waals surface area contributed by atoms with E-state index < -0.39 is 0 Å². The molecule has 2 amide bonds. The number of hydrogen-bond acceptors (Lipinski definition) is 4. The lowest BCUT2D eigenvalue weighted by molar-refractivity contribution is -0.136. The van der Waals surface area contributed by atoms with Gasteiger partial charge in [-0.05, 0) is 52.9 Å². The SMILES string of the molecule is CC(C)C(=O)N1CCc2ccc(OCc3ccc(C(=O)N(C)Cc4ccccc4)o3)cc2[C@@H]1c1ccccc1. The van der Waals surface area contributed by atoms with E-state index in [9.17, 15) is 9.59 Å². The van der Waals surface area contributed by atoms with Crippen LogP contribution >= 0.6 is 0 Å². The van der Waals surface area contributed by atoms with Crippen molar-refractivity contribution in [2.24, 2.45) is 5.92 Å². The third-order valence-corrected chi connectivity index (χ3v) is 7.10. The van der Waals surface area contributed by atoms with Crippen molar-refractivity contribution in [2.75, 3.05) is 13.6 Å². The standard InChI is InChI=1S/C33H34N2O4/c1-23(2)32(36)35-19-18-25-14-15-27(20-29(25)31(35)26-12-8-5-9-13-26)38-22-28-16-17-30(39-28)33(37)34(3)21-24-10-6-4-7-11-24/h4-17,20,23,31H,18-19,21-22H2,1-3H3/t31-/m0/s1. The second kappa shape index (κ2) is 11.6. The first-order chi connectivity index (χ1) is 18.9. The topological polar surface area (TPSA) is 63.0 Å². The third-order valence-electron chi connectivity index (χ3n) is 7.10. The van der Waals surface area contributed by atoms with E-state index in [1.165, 1.54) is 5.56 Å². The van der Waals surface area contributed by atoms with Crippen molar-refractivity contribution >= 4 is 11.8 Å². The Bertz CT molecular complexity index is 1430. The summed E-state index contributed by atoms with van der Waals surface area (Å²) in [7, 11) is 1.76. The highest BCUT2D eigenvalue weighted by Gasteiger charge is 2.33. The van der Waals surface area contributed by atoms with E-state index in [2.05, 4.69) is 18.2 Å². The molecule has 0 radical (unpaired) electrons. The molecule has 1 atom stereocenters. The van der Waals surface area contributed by atoms with Crippen LogP contribution in [0.3, 0.4) is 0 Å². The minimum Gasteiger partial charge on any atom is -0.486 e. The number of fused-ring (bicyclic) bond motifs is 1. The second-order valence-electron chi connectivity index (χ2n) is 10.3. The number of nitrogens with zero attached hydrogens (tertiary/aromatic N) is 2. The van der Waals surface area contributed by atoms with E-state index in [1.807, 2.05) is 79.4 Å². The molecule has 0 N–H and O–H groups in total. The largest absolute Gasteiger partial charge is 0.486 e. The van der Waals surface area contributed by atoms with Crippen LogP contribution < -0.4 is 4.74 Å². The Kier molecular flexibility index (Phi) is 7.82. The van der Waals surface area contributed by atoms with Gasteiger partial charge in [-0.1, -0.05) is 80.6 Å². The van der Waals surface area contributed by atoms with Gasteiger partial charge < -0.3 is 19.0 Å². The molecular formula is C33H34N2O4. The monoisotopic (exact) mass is 522 g/mol. The van der Waals surface area contributed by atoms with E-state index in [0.29, 0.717) is 24.6 Å². The lowest BCUT2D eigenvalue weighted by Crippen LogP contribution is -2.42. The first-order valence-electron chi connectivity index (χ1n) is 13.4. The third kappa shape index (κ3) is 5.90. The van der Waals surface area contributed by atoms with Crippen molar-refractivity contribution in [1.82, 2.24) is 9.80 Å². The Labute approximate surface area is 229 Å². The van der Waals surface area contributed by atoms with Crippen molar-refractivity contribution in [2.45, 2.75) is 39.5 Å². The van der Waals surface area contributed by atoms with Crippen molar-refractivity contribution < 1.29 is 18.7 Å². The molecule has 200 valence electrons. The molecule has 5 rings (SSSR count). The highest BCUT2D eigenvalue weighted by Crippen LogP contribution is 2.38. The zero-order valence-electron chi connectivity index (χ0n) is 22.7. The smallest absolute Gasteiger partial charge is 0.289 e. The molecule has 0 fully saturated rings. The van der Waals surface area contributed by atoms with Crippen molar-refractivity contribution in [3.63, 3.8) is 0 Å². The summed E-state index contributed by atoms with van der Waals surface area (Å²) in [5.74, 6) is 1.42. The Hall–Kier alpha value is -4.32. The number of benzene rings is 3. The summed E-state index contributed by atoms with van der Waals surface area (Å²) < 4.78 is 11.9. The molecule has 0 bridgehead atoms. The van der Waals surface area contributed by atoms with Crippen LogP contribution in [0.2, 0.25) is 0 Å². The highest BCUT2D eigenvalue weighted by molar-refractivity contribution is 5.91. The van der Waals surface area contributed by atoms with E-state index in [0.717, 1.165) is 23.1 Å². The van der Waals surface area contributed by atoms with Gasteiger partial charge in [0.2, 0.25) is 5.91 Å². The summed E-state index contributed by atoms with van der Waals surface area (Å²) in [6.07, 6.45) is 0.803. The minimum atomic E-state index is -0.181. The number of rotatable bonds is 8. The average molecular weight is 523 g/mol. The van der Waals surface area contributed by atoms with Gasteiger partial charge >= 0.3 is 0 Å². The maximum Gasteiger partial charge on any atom is 0.289 e. The Balaban J connectivity index is 1.31. The van der Waals surface area contributed by atoms with Crippen LogP contribution in [0.15, 0.2) is 95.4 Å². The molecule has 0 saturated carbocycles. The van der Waals surface area contributed by atoms with Gasteiger partial charge in [-0.25, -0.2) is 0 Å². The summed E-state index contributed by atoms with van der Waals surface area (Å²) in [6, 6.07) is 29.4. The van der Waals surface area contributed by atoms with Crippen LogP contribution in [0.25, 0.3) is 0 Å². The van der Waals surface area contributed by atoms with Crippen LogP contribution in [-0.2, 0) is 24.4 Å². The van der Waals surface area contributed by atoms with E-state index in [-0.39, 0.29) is 36.1 Å². The molecule has 6 nitrogen and oxygen atoms in total. The quantitative estimate of drug-likeness (QED) is 0.274. The maximum atomic E-state index is 13.1. The molecule has 39 heavy (non-hydrogen) atoms. The van der Waals surface area contributed by atoms with Crippen molar-refractivity contribution in [3.8, 4) is 5.75 Å². The Morgan fingerprint density at radius 1 is 0.974 bits per heavy atom. The van der Waals surface area contributed by atoms with Crippen LogP contribution in [0.5, 0.6) is 5.75 Å². The van der Waals surface area contributed by atoms with E-state index >= 15 is 0 Å². The second-order valence-corrected chi connectivity index (χ2v) is 10.3. The summed E-state index contributed by atoms with van der Waals surface area (Å²) in [5.41, 5.74) is 4.44. The van der Waals surface area contributed by atoms with Gasteiger partial charge in [0.25, 0.3) is 5.91 Å². The van der Waals surface area contributed by atoms with Gasteiger partial charge in [0.05, 0.1) is 6.04 Å². The summed E-state index contributed by atoms with van der Waals surface area (Å²) in [6.45, 7) is 5.27. The van der Waals surface area contributed by atoms with Crippen LogP contribution in [-0.4, -0.2) is 35.2 Å². The number of furan rings is 1. The Morgan fingerprint density at radius 2 is 1.69 bits per heavy atom. The summed E-state index contributed by atoms with van der Waals surface area (Å²) in [4.78, 5) is 29.6. The molecule has 1 aliphatic heterocycles. The number of ether oxygens (including phenoxy) is 1. The molecule has 1 aliphatic rings. The van der Waals surface area contributed by atoms with Crippen molar-refractivity contribution in [1.29, 1.82) is 0 Å². The molecule has 4 aromatic rings. The molecule has 2 heterocycles. The fourth-order valence-electron chi connectivity index (χ4n) is 5.09. The van der Waals surface area contributed by atoms with Crippen LogP contribution in [0, 0.1) is 5.92 Å². The van der Waals surface area contributed by atoms with Gasteiger partial charge in [0.1, 0.15) is 18.1 Å². The number of carbonyl (C=O) groups excluding carboxylic acids is 2. The molecule has 0 spiro atoms.